The highest BCUT2D eigenvalue weighted by molar-refractivity contribution is 5.12. The second-order valence-corrected chi connectivity index (χ2v) is 6.01. The number of piperidine rings is 1. The molecule has 0 amide bonds. The SMILES string of the molecule is CC1(C)CC(c2ccco2)CC(C)(C)N1. The Bertz CT molecular complexity index is 308. The Hall–Kier alpha value is -0.760. The highest BCUT2D eigenvalue weighted by Crippen LogP contribution is 2.38. The van der Waals surface area contributed by atoms with Gasteiger partial charge in [-0.1, -0.05) is 0 Å². The smallest absolute Gasteiger partial charge is 0.106 e. The number of rotatable bonds is 1. The standard InChI is InChI=1S/C13H21NO/c1-12(2)8-10(9-13(3,4)14-12)11-6-5-7-15-11/h5-7,10,14H,8-9H2,1-4H3. The van der Waals surface area contributed by atoms with E-state index in [1.54, 1.807) is 6.26 Å². The predicted molar refractivity (Wildman–Crippen MR) is 62.0 cm³/mol. The van der Waals surface area contributed by atoms with Crippen LogP contribution >= 0.6 is 0 Å². The molecule has 0 spiro atoms. The molecule has 1 aromatic heterocycles. The van der Waals surface area contributed by atoms with E-state index < -0.39 is 0 Å². The first-order valence-electron chi connectivity index (χ1n) is 5.71. The normalized spacial score (nSPS) is 25.3. The molecule has 1 fully saturated rings. The zero-order valence-electron chi connectivity index (χ0n) is 10.1. The van der Waals surface area contributed by atoms with Gasteiger partial charge in [-0.15, -0.1) is 0 Å². The summed E-state index contributed by atoms with van der Waals surface area (Å²) in [4.78, 5) is 0. The molecule has 15 heavy (non-hydrogen) atoms. The molecule has 1 aliphatic rings. The van der Waals surface area contributed by atoms with Crippen LogP contribution < -0.4 is 5.32 Å². The first-order chi connectivity index (χ1) is 6.88. The van der Waals surface area contributed by atoms with E-state index in [4.69, 9.17) is 4.42 Å². The summed E-state index contributed by atoms with van der Waals surface area (Å²) in [6, 6.07) is 4.08. The molecule has 1 aliphatic heterocycles. The van der Waals surface area contributed by atoms with E-state index in [9.17, 15) is 0 Å². The van der Waals surface area contributed by atoms with E-state index in [1.807, 2.05) is 6.07 Å². The van der Waals surface area contributed by atoms with Crippen LogP contribution in [0.4, 0.5) is 0 Å². The molecule has 0 aliphatic carbocycles. The van der Waals surface area contributed by atoms with E-state index in [1.165, 1.54) is 0 Å². The third-order valence-electron chi connectivity index (χ3n) is 3.14. The number of nitrogens with one attached hydrogen (secondary N) is 1. The monoisotopic (exact) mass is 207 g/mol. The summed E-state index contributed by atoms with van der Waals surface area (Å²) in [6.45, 7) is 9.07. The molecule has 1 N–H and O–H groups in total. The van der Waals surface area contributed by atoms with Crippen LogP contribution in [0.25, 0.3) is 0 Å². The Morgan fingerprint density at radius 3 is 2.27 bits per heavy atom. The molecule has 0 saturated carbocycles. The maximum atomic E-state index is 5.53. The fraction of sp³-hybridized carbons (Fsp3) is 0.692. The maximum Gasteiger partial charge on any atom is 0.106 e. The fourth-order valence-corrected chi connectivity index (χ4v) is 3.05. The minimum Gasteiger partial charge on any atom is -0.469 e. The number of hydrogen-bond acceptors (Lipinski definition) is 2. The highest BCUT2D eigenvalue weighted by atomic mass is 16.3. The average molecular weight is 207 g/mol. The summed E-state index contributed by atoms with van der Waals surface area (Å²) in [7, 11) is 0. The second kappa shape index (κ2) is 3.38. The number of hydrogen-bond donors (Lipinski definition) is 1. The third-order valence-corrected chi connectivity index (χ3v) is 3.14. The van der Waals surface area contributed by atoms with Gasteiger partial charge >= 0.3 is 0 Å². The van der Waals surface area contributed by atoms with Gasteiger partial charge in [-0.3, -0.25) is 0 Å². The minimum absolute atomic E-state index is 0.194. The third kappa shape index (κ3) is 2.43. The van der Waals surface area contributed by atoms with Crippen LogP contribution in [0.2, 0.25) is 0 Å². The fourth-order valence-electron chi connectivity index (χ4n) is 3.05. The molecular formula is C13H21NO. The lowest BCUT2D eigenvalue weighted by Crippen LogP contribution is -2.57. The lowest BCUT2D eigenvalue weighted by atomic mass is 9.75. The van der Waals surface area contributed by atoms with E-state index in [-0.39, 0.29) is 11.1 Å². The summed E-state index contributed by atoms with van der Waals surface area (Å²) >= 11 is 0. The van der Waals surface area contributed by atoms with Gasteiger partial charge in [0, 0.05) is 17.0 Å². The average Bonchev–Trinajstić information content (AvgIpc) is 2.48. The van der Waals surface area contributed by atoms with Crippen LogP contribution in [0.3, 0.4) is 0 Å². The van der Waals surface area contributed by atoms with Crippen LogP contribution in [0.1, 0.15) is 52.2 Å². The van der Waals surface area contributed by atoms with E-state index in [0.717, 1.165) is 18.6 Å². The molecule has 2 rings (SSSR count). The number of furan rings is 1. The van der Waals surface area contributed by atoms with E-state index in [0.29, 0.717) is 5.92 Å². The van der Waals surface area contributed by atoms with Gasteiger partial charge in [0.15, 0.2) is 0 Å². The molecule has 1 aromatic rings. The summed E-state index contributed by atoms with van der Waals surface area (Å²) in [5.41, 5.74) is 0.387. The molecule has 84 valence electrons. The molecule has 0 unspecified atom stereocenters. The van der Waals surface area contributed by atoms with Crippen molar-refractivity contribution in [3.63, 3.8) is 0 Å². The summed E-state index contributed by atoms with van der Waals surface area (Å²) in [5, 5.41) is 3.68. The van der Waals surface area contributed by atoms with Gasteiger partial charge in [-0.2, -0.15) is 0 Å². The van der Waals surface area contributed by atoms with Crippen LogP contribution in [0.5, 0.6) is 0 Å². The van der Waals surface area contributed by atoms with Crippen LogP contribution in [-0.2, 0) is 0 Å². The molecule has 0 bridgehead atoms. The molecular weight excluding hydrogens is 186 g/mol. The Morgan fingerprint density at radius 1 is 1.20 bits per heavy atom. The quantitative estimate of drug-likeness (QED) is 0.764. The van der Waals surface area contributed by atoms with Crippen LogP contribution in [0, 0.1) is 0 Å². The highest BCUT2D eigenvalue weighted by Gasteiger charge is 2.38. The zero-order valence-corrected chi connectivity index (χ0v) is 10.1. The molecule has 2 heterocycles. The molecule has 2 nitrogen and oxygen atoms in total. The van der Waals surface area contributed by atoms with Crippen molar-refractivity contribution in [1.82, 2.24) is 5.32 Å². The van der Waals surface area contributed by atoms with Gasteiger partial charge < -0.3 is 9.73 Å². The zero-order chi connectivity index (χ0) is 11.1. The van der Waals surface area contributed by atoms with Crippen LogP contribution in [-0.4, -0.2) is 11.1 Å². The van der Waals surface area contributed by atoms with Gasteiger partial charge in [0.25, 0.3) is 0 Å². The maximum absolute atomic E-state index is 5.53. The van der Waals surface area contributed by atoms with Crippen molar-refractivity contribution >= 4 is 0 Å². The van der Waals surface area contributed by atoms with E-state index >= 15 is 0 Å². The van der Waals surface area contributed by atoms with Gasteiger partial charge in [0.1, 0.15) is 5.76 Å². The van der Waals surface area contributed by atoms with Crippen molar-refractivity contribution < 1.29 is 4.42 Å². The van der Waals surface area contributed by atoms with Crippen molar-refractivity contribution in [3.8, 4) is 0 Å². The van der Waals surface area contributed by atoms with Gasteiger partial charge in [0.05, 0.1) is 6.26 Å². The van der Waals surface area contributed by atoms with E-state index in [2.05, 4.69) is 39.1 Å². The molecule has 0 atom stereocenters. The van der Waals surface area contributed by atoms with Gasteiger partial charge in [0.2, 0.25) is 0 Å². The lowest BCUT2D eigenvalue weighted by molar-refractivity contribution is 0.151. The molecule has 0 aromatic carbocycles. The lowest BCUT2D eigenvalue weighted by Gasteiger charge is -2.46. The minimum atomic E-state index is 0.194. The molecule has 1 saturated heterocycles. The van der Waals surface area contributed by atoms with Crippen molar-refractivity contribution in [2.45, 2.75) is 57.5 Å². The van der Waals surface area contributed by atoms with Crippen molar-refractivity contribution in [2.24, 2.45) is 0 Å². The molecule has 2 heteroatoms. The van der Waals surface area contributed by atoms with Crippen LogP contribution in [0.15, 0.2) is 22.8 Å². The summed E-state index contributed by atoms with van der Waals surface area (Å²) < 4.78 is 5.53. The van der Waals surface area contributed by atoms with Crippen molar-refractivity contribution in [2.75, 3.05) is 0 Å². The topological polar surface area (TPSA) is 25.2 Å². The first kappa shape index (κ1) is 10.7. The molecule has 0 radical (unpaired) electrons. The summed E-state index contributed by atoms with van der Waals surface area (Å²) in [6.07, 6.45) is 4.06. The largest absolute Gasteiger partial charge is 0.469 e. The summed E-state index contributed by atoms with van der Waals surface area (Å²) in [5.74, 6) is 1.68. The Kier molecular flexibility index (Phi) is 2.42. The van der Waals surface area contributed by atoms with Crippen molar-refractivity contribution in [1.29, 1.82) is 0 Å². The van der Waals surface area contributed by atoms with Crippen molar-refractivity contribution in [3.05, 3.63) is 24.2 Å². The predicted octanol–water partition coefficient (Wildman–Crippen LogP) is 3.30. The Balaban J connectivity index is 2.21. The first-order valence-corrected chi connectivity index (χ1v) is 5.71. The Labute approximate surface area is 92.1 Å². The Morgan fingerprint density at radius 2 is 1.80 bits per heavy atom. The van der Waals surface area contributed by atoms with Gasteiger partial charge in [-0.25, -0.2) is 0 Å². The van der Waals surface area contributed by atoms with Gasteiger partial charge in [-0.05, 0) is 52.7 Å². The second-order valence-electron chi connectivity index (χ2n) is 6.01.